The summed E-state index contributed by atoms with van der Waals surface area (Å²) in [6.07, 6.45) is 2.18. The number of hydrogen-bond acceptors (Lipinski definition) is 1. The highest BCUT2D eigenvalue weighted by Gasteiger charge is 2.39. The summed E-state index contributed by atoms with van der Waals surface area (Å²) < 4.78 is 0. The molecule has 1 fully saturated rings. The highest BCUT2D eigenvalue weighted by Crippen LogP contribution is 2.42. The molecule has 0 radical (unpaired) electrons. The van der Waals surface area contributed by atoms with Crippen LogP contribution in [0.15, 0.2) is 24.3 Å². The second-order valence-electron chi connectivity index (χ2n) is 3.17. The van der Waals surface area contributed by atoms with E-state index in [1.54, 1.807) is 0 Å². The largest absolute Gasteiger partial charge is 0.321 e. The van der Waals surface area contributed by atoms with Gasteiger partial charge in [-0.3, -0.25) is 0 Å². The first-order chi connectivity index (χ1) is 5.21. The maximum atomic E-state index is 5.98. The number of rotatable bonds is 1. The van der Waals surface area contributed by atoms with Crippen LogP contribution in [0.2, 0.25) is 5.02 Å². The van der Waals surface area contributed by atoms with Crippen molar-refractivity contribution in [1.82, 2.24) is 0 Å². The standard InChI is InChI=1S/C9H10ClN.ClH/c10-8-3-1-2-7(6-8)9(11)4-5-9;/h1-3,6H,4-5,11H2;1H. The summed E-state index contributed by atoms with van der Waals surface area (Å²) >= 11 is 5.82. The topological polar surface area (TPSA) is 26.0 Å². The number of halogens is 2. The Kier molecular flexibility index (Phi) is 2.67. The van der Waals surface area contributed by atoms with Gasteiger partial charge in [0.1, 0.15) is 0 Å². The van der Waals surface area contributed by atoms with Crippen molar-refractivity contribution >= 4 is 24.0 Å². The van der Waals surface area contributed by atoms with Gasteiger partial charge in [-0.1, -0.05) is 23.7 Å². The van der Waals surface area contributed by atoms with Crippen molar-refractivity contribution in [2.24, 2.45) is 5.73 Å². The van der Waals surface area contributed by atoms with E-state index in [2.05, 4.69) is 0 Å². The van der Waals surface area contributed by atoms with Crippen LogP contribution in [-0.2, 0) is 5.54 Å². The van der Waals surface area contributed by atoms with Gasteiger partial charge in [-0.25, -0.2) is 0 Å². The fraction of sp³-hybridized carbons (Fsp3) is 0.333. The molecule has 66 valence electrons. The van der Waals surface area contributed by atoms with Gasteiger partial charge in [-0.2, -0.15) is 0 Å². The third kappa shape index (κ3) is 1.74. The van der Waals surface area contributed by atoms with Gasteiger partial charge >= 0.3 is 0 Å². The molecule has 1 aromatic carbocycles. The number of benzene rings is 1. The van der Waals surface area contributed by atoms with E-state index in [0.717, 1.165) is 17.9 Å². The van der Waals surface area contributed by atoms with Crippen molar-refractivity contribution in [1.29, 1.82) is 0 Å². The molecule has 2 N–H and O–H groups in total. The summed E-state index contributed by atoms with van der Waals surface area (Å²) in [5.74, 6) is 0. The van der Waals surface area contributed by atoms with Gasteiger partial charge in [-0.15, -0.1) is 12.4 Å². The van der Waals surface area contributed by atoms with Crippen LogP contribution in [0.4, 0.5) is 0 Å². The predicted octanol–water partition coefficient (Wildman–Crippen LogP) is 2.71. The Morgan fingerprint density at radius 2 is 2.00 bits per heavy atom. The fourth-order valence-electron chi connectivity index (χ4n) is 1.22. The van der Waals surface area contributed by atoms with Crippen LogP contribution in [0.25, 0.3) is 0 Å². The Morgan fingerprint density at radius 1 is 1.33 bits per heavy atom. The van der Waals surface area contributed by atoms with Crippen molar-refractivity contribution in [2.45, 2.75) is 18.4 Å². The summed E-state index contributed by atoms with van der Waals surface area (Å²) in [5, 5.41) is 0.777. The summed E-state index contributed by atoms with van der Waals surface area (Å²) in [6.45, 7) is 0. The molecule has 0 heterocycles. The van der Waals surface area contributed by atoms with E-state index in [4.69, 9.17) is 17.3 Å². The van der Waals surface area contributed by atoms with Gasteiger partial charge in [0.2, 0.25) is 0 Å². The first kappa shape index (κ1) is 9.85. The van der Waals surface area contributed by atoms with E-state index >= 15 is 0 Å². The van der Waals surface area contributed by atoms with Crippen LogP contribution < -0.4 is 5.73 Å². The van der Waals surface area contributed by atoms with Crippen LogP contribution in [0.5, 0.6) is 0 Å². The molecule has 0 aliphatic heterocycles. The van der Waals surface area contributed by atoms with Crippen molar-refractivity contribution in [3.05, 3.63) is 34.9 Å². The SMILES string of the molecule is Cl.NC1(c2cccc(Cl)c2)CC1. The van der Waals surface area contributed by atoms with Gasteiger partial charge < -0.3 is 5.73 Å². The van der Waals surface area contributed by atoms with Crippen molar-refractivity contribution in [3.8, 4) is 0 Å². The zero-order chi connectivity index (χ0) is 7.90. The molecule has 1 nitrogen and oxygen atoms in total. The monoisotopic (exact) mass is 203 g/mol. The highest BCUT2D eigenvalue weighted by atomic mass is 35.5. The van der Waals surface area contributed by atoms with E-state index in [-0.39, 0.29) is 17.9 Å². The molecule has 0 bridgehead atoms. The molecule has 0 spiro atoms. The Hall–Kier alpha value is -0.240. The molecule has 0 unspecified atom stereocenters. The maximum Gasteiger partial charge on any atom is 0.0411 e. The predicted molar refractivity (Wildman–Crippen MR) is 53.8 cm³/mol. The van der Waals surface area contributed by atoms with Crippen molar-refractivity contribution < 1.29 is 0 Å². The van der Waals surface area contributed by atoms with Gasteiger partial charge in [0, 0.05) is 10.6 Å². The fourth-order valence-corrected chi connectivity index (χ4v) is 1.41. The third-order valence-corrected chi connectivity index (χ3v) is 2.42. The smallest absolute Gasteiger partial charge is 0.0411 e. The molecule has 0 aromatic heterocycles. The van der Waals surface area contributed by atoms with Gasteiger partial charge in [0.05, 0.1) is 0 Å². The number of nitrogens with two attached hydrogens (primary N) is 1. The second-order valence-corrected chi connectivity index (χ2v) is 3.60. The lowest BCUT2D eigenvalue weighted by atomic mass is 10.1. The average Bonchev–Trinajstić information content (AvgIpc) is 2.70. The van der Waals surface area contributed by atoms with Crippen LogP contribution in [0, 0.1) is 0 Å². The molecule has 1 saturated carbocycles. The van der Waals surface area contributed by atoms with Gasteiger partial charge in [0.25, 0.3) is 0 Å². The maximum absolute atomic E-state index is 5.98. The zero-order valence-corrected chi connectivity index (χ0v) is 8.16. The molecule has 2 rings (SSSR count). The van der Waals surface area contributed by atoms with Crippen LogP contribution in [0.1, 0.15) is 18.4 Å². The summed E-state index contributed by atoms with van der Waals surface area (Å²) in [7, 11) is 0. The van der Waals surface area contributed by atoms with Gasteiger partial charge in [0.15, 0.2) is 0 Å². The van der Waals surface area contributed by atoms with Crippen LogP contribution in [-0.4, -0.2) is 0 Å². The first-order valence-corrected chi connectivity index (χ1v) is 4.13. The molecule has 3 heteroatoms. The normalized spacial score (nSPS) is 18.2. The second kappa shape index (κ2) is 3.25. The molecule has 1 aliphatic rings. The molecule has 12 heavy (non-hydrogen) atoms. The first-order valence-electron chi connectivity index (χ1n) is 3.76. The zero-order valence-electron chi connectivity index (χ0n) is 6.59. The van der Waals surface area contributed by atoms with E-state index in [0.29, 0.717) is 0 Å². The third-order valence-electron chi connectivity index (χ3n) is 2.19. The lowest BCUT2D eigenvalue weighted by molar-refractivity contribution is 0.740. The Bertz CT molecular complexity index is 282. The average molecular weight is 204 g/mol. The molecule has 0 amide bonds. The minimum atomic E-state index is -0.0507. The Morgan fingerprint density at radius 3 is 2.50 bits per heavy atom. The molecule has 1 aromatic rings. The summed E-state index contributed by atoms with van der Waals surface area (Å²) in [4.78, 5) is 0. The van der Waals surface area contributed by atoms with E-state index in [1.807, 2.05) is 24.3 Å². The minimum Gasteiger partial charge on any atom is -0.321 e. The minimum absolute atomic E-state index is 0. The van der Waals surface area contributed by atoms with E-state index in [1.165, 1.54) is 5.56 Å². The quantitative estimate of drug-likeness (QED) is 0.747. The molecule has 0 atom stereocenters. The lowest BCUT2D eigenvalue weighted by Gasteiger charge is -2.07. The molecule has 0 saturated heterocycles. The number of hydrogen-bond donors (Lipinski definition) is 1. The van der Waals surface area contributed by atoms with Crippen LogP contribution >= 0.6 is 24.0 Å². The van der Waals surface area contributed by atoms with Crippen LogP contribution in [0.3, 0.4) is 0 Å². The summed E-state index contributed by atoms with van der Waals surface area (Å²) in [5.41, 5.74) is 7.10. The van der Waals surface area contributed by atoms with E-state index < -0.39 is 0 Å². The van der Waals surface area contributed by atoms with Gasteiger partial charge in [-0.05, 0) is 30.5 Å². The van der Waals surface area contributed by atoms with Crippen molar-refractivity contribution in [2.75, 3.05) is 0 Å². The highest BCUT2D eigenvalue weighted by molar-refractivity contribution is 6.30. The lowest BCUT2D eigenvalue weighted by Crippen LogP contribution is -2.18. The summed E-state index contributed by atoms with van der Waals surface area (Å²) in [6, 6.07) is 7.81. The Balaban J connectivity index is 0.000000720. The molecular formula is C9H11Cl2N. The molecular weight excluding hydrogens is 193 g/mol. The molecule has 1 aliphatic carbocycles. The van der Waals surface area contributed by atoms with E-state index in [9.17, 15) is 0 Å². The Labute approximate surface area is 83.3 Å². The van der Waals surface area contributed by atoms with Crippen molar-refractivity contribution in [3.63, 3.8) is 0 Å².